The van der Waals surface area contributed by atoms with Crippen molar-refractivity contribution in [2.24, 2.45) is 0 Å². The summed E-state index contributed by atoms with van der Waals surface area (Å²) >= 11 is 0. The van der Waals surface area contributed by atoms with Gasteiger partial charge in [-0.3, -0.25) is 13.9 Å². The lowest BCUT2D eigenvalue weighted by Crippen LogP contribution is -2.52. The second kappa shape index (κ2) is 12.1. The van der Waals surface area contributed by atoms with E-state index in [0.29, 0.717) is 28.2 Å². The van der Waals surface area contributed by atoms with Crippen molar-refractivity contribution in [1.29, 1.82) is 0 Å². The summed E-state index contributed by atoms with van der Waals surface area (Å²) in [5, 5.41) is 2.67. The van der Waals surface area contributed by atoms with Gasteiger partial charge in [0.05, 0.1) is 24.6 Å². The molecule has 2 aromatic rings. The number of nitrogens with one attached hydrogen (secondary N) is 1. The minimum absolute atomic E-state index is 0.0291. The summed E-state index contributed by atoms with van der Waals surface area (Å²) in [6.07, 6.45) is -3.67. The van der Waals surface area contributed by atoms with E-state index in [1.807, 2.05) is 0 Å². The quantitative estimate of drug-likeness (QED) is 0.481. The lowest BCUT2D eigenvalue weighted by Gasteiger charge is -2.33. The van der Waals surface area contributed by atoms with Crippen LogP contribution in [0.3, 0.4) is 0 Å². The van der Waals surface area contributed by atoms with Crippen molar-refractivity contribution in [1.82, 2.24) is 10.2 Å². The molecule has 0 fully saturated rings. The number of nitrogens with zero attached hydrogens (tertiary/aromatic N) is 2. The highest BCUT2D eigenvalue weighted by molar-refractivity contribution is 7.92. The first-order valence-corrected chi connectivity index (χ1v) is 13.0. The zero-order valence-corrected chi connectivity index (χ0v) is 21.3. The molecule has 2 rings (SSSR count). The zero-order valence-electron chi connectivity index (χ0n) is 20.5. The molecule has 12 heteroatoms. The predicted octanol–water partition coefficient (Wildman–Crippen LogP) is 3.42. The second-order valence-corrected chi connectivity index (χ2v) is 9.91. The zero-order chi connectivity index (χ0) is 27.1. The van der Waals surface area contributed by atoms with Gasteiger partial charge in [0.1, 0.15) is 18.3 Å². The van der Waals surface area contributed by atoms with Crippen LogP contribution in [0, 0.1) is 0 Å². The van der Waals surface area contributed by atoms with E-state index < -0.39 is 46.2 Å². The first-order chi connectivity index (χ1) is 16.8. The first-order valence-electron chi connectivity index (χ1n) is 11.2. The number of carbonyl (C=O) groups is 2. The molecule has 0 aromatic heterocycles. The maximum atomic E-state index is 13.5. The van der Waals surface area contributed by atoms with E-state index in [2.05, 4.69) is 5.32 Å². The van der Waals surface area contributed by atoms with Crippen LogP contribution < -0.4 is 14.4 Å². The van der Waals surface area contributed by atoms with Crippen LogP contribution in [0.1, 0.15) is 31.4 Å². The van der Waals surface area contributed by atoms with Crippen LogP contribution in [0.2, 0.25) is 0 Å². The van der Waals surface area contributed by atoms with Gasteiger partial charge in [-0.15, -0.1) is 0 Å². The number of methoxy groups -OCH3 is 1. The number of likely N-dealkylation sites (N-methyl/N-ethyl adjacent to an activating group) is 1. The van der Waals surface area contributed by atoms with Gasteiger partial charge in [-0.1, -0.05) is 25.1 Å². The van der Waals surface area contributed by atoms with Gasteiger partial charge in [-0.05, 0) is 49.2 Å². The van der Waals surface area contributed by atoms with Crippen LogP contribution in [0.4, 0.5) is 18.9 Å². The Balaban J connectivity index is 2.47. The summed E-state index contributed by atoms with van der Waals surface area (Å²) in [4.78, 5) is 27.5. The van der Waals surface area contributed by atoms with Crippen LogP contribution in [0.5, 0.6) is 5.75 Å². The smallest absolute Gasteiger partial charge is 0.416 e. The summed E-state index contributed by atoms with van der Waals surface area (Å²) in [6, 6.07) is 9.55. The third kappa shape index (κ3) is 7.61. The number of benzene rings is 2. The summed E-state index contributed by atoms with van der Waals surface area (Å²) < 4.78 is 70.5. The van der Waals surface area contributed by atoms with E-state index in [9.17, 15) is 31.2 Å². The molecule has 0 bridgehead atoms. The SMILES string of the molecule is CCNC(=O)[C@@H](CC)N(Cc1ccc(OC)cc1)C(=O)CN(c1cccc(C(F)(F)F)c1)S(C)(=O)=O. The van der Waals surface area contributed by atoms with Crippen molar-refractivity contribution in [2.45, 2.75) is 39.0 Å². The molecule has 0 aliphatic heterocycles. The molecule has 0 unspecified atom stereocenters. The highest BCUT2D eigenvalue weighted by Crippen LogP contribution is 2.32. The average molecular weight is 530 g/mol. The average Bonchev–Trinajstić information content (AvgIpc) is 2.81. The molecule has 0 saturated heterocycles. The molecule has 0 radical (unpaired) electrons. The van der Waals surface area contributed by atoms with Gasteiger partial charge in [0.2, 0.25) is 21.8 Å². The number of amides is 2. The van der Waals surface area contributed by atoms with Crippen molar-refractivity contribution in [3.63, 3.8) is 0 Å². The van der Waals surface area contributed by atoms with Gasteiger partial charge in [0.15, 0.2) is 0 Å². The number of sulfonamides is 1. The van der Waals surface area contributed by atoms with Crippen molar-refractivity contribution in [3.8, 4) is 5.75 Å². The molecule has 0 aliphatic carbocycles. The lowest BCUT2D eigenvalue weighted by molar-refractivity contribution is -0.140. The van der Waals surface area contributed by atoms with E-state index in [0.717, 1.165) is 18.4 Å². The maximum absolute atomic E-state index is 13.5. The Kier molecular flexibility index (Phi) is 9.74. The predicted molar refractivity (Wildman–Crippen MR) is 130 cm³/mol. The van der Waals surface area contributed by atoms with E-state index in [1.54, 1.807) is 38.1 Å². The molecule has 1 N–H and O–H groups in total. The van der Waals surface area contributed by atoms with Crippen molar-refractivity contribution >= 4 is 27.5 Å². The molecule has 0 heterocycles. The number of carbonyl (C=O) groups excluding carboxylic acids is 2. The highest BCUT2D eigenvalue weighted by Gasteiger charge is 2.34. The standard InChI is InChI=1S/C24H30F3N3O5S/c1-5-21(23(32)28-6-2)29(15-17-10-12-20(35-3)13-11-17)22(31)16-30(36(4,33)34)19-9-7-8-18(14-19)24(25,26)27/h7-14,21H,5-6,15-16H2,1-4H3,(H,28,32)/t21-/m1/s1. The largest absolute Gasteiger partial charge is 0.497 e. The number of hydrogen-bond donors (Lipinski definition) is 1. The molecular formula is C24H30F3N3O5S. The number of ether oxygens (including phenoxy) is 1. The lowest BCUT2D eigenvalue weighted by atomic mass is 10.1. The fourth-order valence-electron chi connectivity index (χ4n) is 3.59. The van der Waals surface area contributed by atoms with Gasteiger partial charge in [0, 0.05) is 13.1 Å². The molecule has 0 aliphatic rings. The van der Waals surface area contributed by atoms with Crippen molar-refractivity contribution < 1.29 is 35.9 Å². The minimum Gasteiger partial charge on any atom is -0.497 e. The molecule has 8 nitrogen and oxygen atoms in total. The number of anilines is 1. The number of halogens is 3. The molecular weight excluding hydrogens is 499 g/mol. The van der Waals surface area contributed by atoms with Crippen LogP contribution in [0.25, 0.3) is 0 Å². The summed E-state index contributed by atoms with van der Waals surface area (Å²) in [5.74, 6) is -0.584. The Morgan fingerprint density at radius 1 is 1.08 bits per heavy atom. The molecule has 1 atom stereocenters. The van der Waals surface area contributed by atoms with E-state index >= 15 is 0 Å². The second-order valence-electron chi connectivity index (χ2n) is 8.01. The number of rotatable bonds is 11. The Hall–Kier alpha value is -3.28. The third-order valence-corrected chi connectivity index (χ3v) is 6.53. The molecule has 0 saturated carbocycles. The van der Waals surface area contributed by atoms with Gasteiger partial charge in [-0.25, -0.2) is 8.42 Å². The maximum Gasteiger partial charge on any atom is 0.416 e. The minimum atomic E-state index is -4.70. The van der Waals surface area contributed by atoms with Gasteiger partial charge < -0.3 is 15.0 Å². The third-order valence-electron chi connectivity index (χ3n) is 5.39. The summed E-state index contributed by atoms with van der Waals surface area (Å²) in [7, 11) is -2.65. The normalized spacial score (nSPS) is 12.5. The molecule has 36 heavy (non-hydrogen) atoms. The van der Waals surface area contributed by atoms with E-state index in [4.69, 9.17) is 4.74 Å². The molecule has 2 amide bonds. The Labute approximate surface area is 209 Å². The van der Waals surface area contributed by atoms with Crippen molar-refractivity contribution in [2.75, 3.05) is 30.8 Å². The number of hydrogen-bond acceptors (Lipinski definition) is 5. The molecule has 0 spiro atoms. The fraction of sp³-hybridized carbons (Fsp3) is 0.417. The Morgan fingerprint density at radius 2 is 1.72 bits per heavy atom. The highest BCUT2D eigenvalue weighted by atomic mass is 32.2. The van der Waals surface area contributed by atoms with E-state index in [1.165, 1.54) is 18.1 Å². The van der Waals surface area contributed by atoms with Crippen molar-refractivity contribution in [3.05, 3.63) is 59.7 Å². The van der Waals surface area contributed by atoms with Crippen LogP contribution in [0.15, 0.2) is 48.5 Å². The van der Waals surface area contributed by atoms with Gasteiger partial charge in [-0.2, -0.15) is 13.2 Å². The summed E-state index contributed by atoms with van der Waals surface area (Å²) in [6.45, 7) is 2.93. The number of alkyl halides is 3. The summed E-state index contributed by atoms with van der Waals surface area (Å²) in [5.41, 5.74) is -0.710. The molecule has 198 valence electrons. The molecule has 2 aromatic carbocycles. The Bertz CT molecular complexity index is 1150. The van der Waals surface area contributed by atoms with Gasteiger partial charge >= 0.3 is 6.18 Å². The van der Waals surface area contributed by atoms with E-state index in [-0.39, 0.29) is 18.7 Å². The fourth-order valence-corrected chi connectivity index (χ4v) is 4.43. The first kappa shape index (κ1) is 29.0. The van der Waals surface area contributed by atoms with Crippen LogP contribution in [-0.2, 0) is 32.3 Å². The Morgan fingerprint density at radius 3 is 2.22 bits per heavy atom. The van der Waals surface area contributed by atoms with Crippen LogP contribution >= 0.6 is 0 Å². The topological polar surface area (TPSA) is 96.0 Å². The van der Waals surface area contributed by atoms with Gasteiger partial charge in [0.25, 0.3) is 0 Å². The van der Waals surface area contributed by atoms with Crippen LogP contribution in [-0.4, -0.2) is 57.6 Å². The monoisotopic (exact) mass is 529 g/mol.